The zero-order chi connectivity index (χ0) is 18.0. The molecule has 1 saturated carbocycles. The van der Waals surface area contributed by atoms with Crippen LogP contribution >= 0.6 is 0 Å². The van der Waals surface area contributed by atoms with Gasteiger partial charge in [0.25, 0.3) is 0 Å². The van der Waals surface area contributed by atoms with Crippen LogP contribution in [-0.4, -0.2) is 31.4 Å². The van der Waals surface area contributed by atoms with Gasteiger partial charge in [-0.25, -0.2) is 0 Å². The number of aliphatic hydroxyl groups excluding tert-OH is 1. The minimum Gasteiger partial charge on any atom is -0.392 e. The molecule has 2 aromatic rings. The van der Waals surface area contributed by atoms with E-state index in [2.05, 4.69) is 72.5 Å². The molecule has 1 aliphatic heterocycles. The van der Waals surface area contributed by atoms with Crippen molar-refractivity contribution >= 4 is 18.4 Å². The minimum absolute atomic E-state index is 0.266. The summed E-state index contributed by atoms with van der Waals surface area (Å²) in [5.41, 5.74) is 0. The molecule has 0 unspecified atom stereocenters. The van der Waals surface area contributed by atoms with E-state index in [4.69, 9.17) is 0 Å². The second-order valence-electron chi connectivity index (χ2n) is 8.50. The smallest absolute Gasteiger partial charge is 0.117 e. The minimum atomic E-state index is -1.97. The highest BCUT2D eigenvalue weighted by molar-refractivity contribution is 7.01. The third kappa shape index (κ3) is 3.53. The van der Waals surface area contributed by atoms with Crippen molar-refractivity contribution in [2.45, 2.75) is 62.9 Å². The van der Waals surface area contributed by atoms with Gasteiger partial charge in [-0.1, -0.05) is 90.4 Å². The predicted octanol–water partition coefficient (Wildman–Crippen LogP) is 3.16. The molecule has 0 bridgehead atoms. The van der Waals surface area contributed by atoms with Crippen LogP contribution in [0.3, 0.4) is 0 Å². The van der Waals surface area contributed by atoms with Crippen molar-refractivity contribution in [1.29, 1.82) is 0 Å². The number of nitrogens with one attached hydrogen (secondary N) is 1. The van der Waals surface area contributed by atoms with Crippen LogP contribution in [0.25, 0.3) is 0 Å². The molecule has 0 spiro atoms. The molecule has 2 fully saturated rings. The van der Waals surface area contributed by atoms with Crippen LogP contribution in [0.5, 0.6) is 0 Å². The maximum absolute atomic E-state index is 11.2. The summed E-state index contributed by atoms with van der Waals surface area (Å²) in [6.07, 6.45) is 6.23. The zero-order valence-electron chi connectivity index (χ0n) is 15.8. The molecule has 138 valence electrons. The van der Waals surface area contributed by atoms with Crippen molar-refractivity contribution in [3.05, 3.63) is 60.7 Å². The zero-order valence-corrected chi connectivity index (χ0v) is 16.8. The summed E-state index contributed by atoms with van der Waals surface area (Å²) in [4.78, 5) is 0. The predicted molar refractivity (Wildman–Crippen MR) is 112 cm³/mol. The summed E-state index contributed by atoms with van der Waals surface area (Å²) in [6.45, 7) is 2.42. The lowest BCUT2D eigenvalue weighted by Gasteiger charge is -2.33. The van der Waals surface area contributed by atoms with Crippen LogP contribution in [0.4, 0.5) is 0 Å². The lowest BCUT2D eigenvalue weighted by molar-refractivity contribution is 0.150. The summed E-state index contributed by atoms with van der Waals surface area (Å²) in [5, 5.41) is 17.9. The first-order valence-electron chi connectivity index (χ1n) is 10.2. The van der Waals surface area contributed by atoms with Crippen molar-refractivity contribution in [3.8, 4) is 0 Å². The molecule has 1 saturated heterocycles. The third-order valence-corrected chi connectivity index (χ3v) is 11.2. The normalized spacial score (nSPS) is 27.1. The van der Waals surface area contributed by atoms with E-state index >= 15 is 0 Å². The first-order valence-corrected chi connectivity index (χ1v) is 12.9. The monoisotopic (exact) mass is 365 g/mol. The van der Waals surface area contributed by atoms with Gasteiger partial charge in [-0.05, 0) is 31.2 Å². The average molecular weight is 366 g/mol. The number of benzene rings is 2. The summed E-state index contributed by atoms with van der Waals surface area (Å²) in [5.74, 6) is 0.782. The Bertz CT molecular complexity index is 651. The largest absolute Gasteiger partial charge is 0.392 e. The van der Waals surface area contributed by atoms with Crippen LogP contribution in [0.2, 0.25) is 12.6 Å². The number of hydrogen-bond acceptors (Lipinski definition) is 2. The molecular formula is C23H31NOSi. The van der Waals surface area contributed by atoms with E-state index in [0.29, 0.717) is 6.04 Å². The number of hydrogen-bond donors (Lipinski definition) is 2. The van der Waals surface area contributed by atoms with E-state index in [1.54, 1.807) is 0 Å². The first-order chi connectivity index (χ1) is 12.7. The molecule has 2 aliphatic rings. The van der Waals surface area contributed by atoms with Gasteiger partial charge < -0.3 is 10.4 Å². The molecule has 0 amide bonds. The van der Waals surface area contributed by atoms with Crippen LogP contribution in [0.15, 0.2) is 60.7 Å². The molecule has 3 heteroatoms. The van der Waals surface area contributed by atoms with Gasteiger partial charge in [0.15, 0.2) is 0 Å². The van der Waals surface area contributed by atoms with Gasteiger partial charge in [-0.3, -0.25) is 0 Å². The van der Waals surface area contributed by atoms with Gasteiger partial charge in [-0.15, -0.1) is 0 Å². The van der Waals surface area contributed by atoms with Crippen LogP contribution in [0.1, 0.15) is 32.1 Å². The quantitative estimate of drug-likeness (QED) is 0.798. The fourth-order valence-electron chi connectivity index (χ4n) is 5.22. The summed E-state index contributed by atoms with van der Waals surface area (Å²) < 4.78 is 0. The standard InChI is InChI=1S/C23H31NOSi/c1-26(19-11-4-2-5-12-19,20-13-6-3-7-14-20)17-23(25)22-16-18-10-8-9-15-21(18)24-22/h2-7,11-14,18,21-25H,8-10,15-17H2,1H3/t18-,21-,22-,23+/m0/s1. The summed E-state index contributed by atoms with van der Waals surface area (Å²) >= 11 is 0. The Morgan fingerprint density at radius 1 is 0.962 bits per heavy atom. The highest BCUT2D eigenvalue weighted by atomic mass is 28.3. The SMILES string of the molecule is C[Si](C[C@@H](O)[C@@H]1C[C@@H]2CCCC[C@@H]2N1)(c1ccccc1)c1ccccc1. The molecule has 2 aromatic carbocycles. The van der Waals surface area contributed by atoms with E-state index in [1.807, 2.05) is 0 Å². The number of aliphatic hydroxyl groups is 1. The van der Waals surface area contributed by atoms with Crippen LogP contribution < -0.4 is 15.7 Å². The summed E-state index contributed by atoms with van der Waals surface area (Å²) in [7, 11) is -1.97. The van der Waals surface area contributed by atoms with E-state index in [1.165, 1.54) is 36.1 Å². The van der Waals surface area contributed by atoms with Crippen molar-refractivity contribution < 1.29 is 5.11 Å². The molecule has 26 heavy (non-hydrogen) atoms. The fraction of sp³-hybridized carbons (Fsp3) is 0.478. The van der Waals surface area contributed by atoms with Crippen molar-refractivity contribution in [1.82, 2.24) is 5.32 Å². The van der Waals surface area contributed by atoms with E-state index in [-0.39, 0.29) is 12.1 Å². The molecule has 1 heterocycles. The van der Waals surface area contributed by atoms with Crippen LogP contribution in [-0.2, 0) is 0 Å². The van der Waals surface area contributed by atoms with Crippen molar-refractivity contribution in [2.75, 3.05) is 0 Å². The highest BCUT2D eigenvalue weighted by Crippen LogP contribution is 2.35. The highest BCUT2D eigenvalue weighted by Gasteiger charge is 2.42. The van der Waals surface area contributed by atoms with E-state index in [0.717, 1.165) is 18.4 Å². The Kier molecular flexibility index (Phi) is 5.30. The third-order valence-electron chi connectivity index (χ3n) is 6.80. The molecule has 0 aromatic heterocycles. The fourth-order valence-corrected chi connectivity index (χ4v) is 9.00. The van der Waals surface area contributed by atoms with Crippen LogP contribution in [0, 0.1) is 5.92 Å². The Morgan fingerprint density at radius 2 is 1.54 bits per heavy atom. The topological polar surface area (TPSA) is 32.3 Å². The number of fused-ring (bicyclic) bond motifs is 1. The molecule has 1 aliphatic carbocycles. The van der Waals surface area contributed by atoms with Gasteiger partial charge in [-0.2, -0.15) is 0 Å². The van der Waals surface area contributed by atoms with Gasteiger partial charge in [0.1, 0.15) is 8.07 Å². The first kappa shape index (κ1) is 18.0. The average Bonchev–Trinajstić information content (AvgIpc) is 3.14. The number of rotatable bonds is 5. The maximum atomic E-state index is 11.2. The lowest BCUT2D eigenvalue weighted by Crippen LogP contribution is -2.59. The Balaban J connectivity index is 1.57. The van der Waals surface area contributed by atoms with Gasteiger partial charge >= 0.3 is 0 Å². The van der Waals surface area contributed by atoms with E-state index < -0.39 is 8.07 Å². The lowest BCUT2D eigenvalue weighted by atomic mass is 9.85. The molecule has 4 atom stereocenters. The molecule has 2 nitrogen and oxygen atoms in total. The van der Waals surface area contributed by atoms with Gasteiger partial charge in [0, 0.05) is 12.1 Å². The molecule has 2 N–H and O–H groups in total. The summed E-state index contributed by atoms with van der Waals surface area (Å²) in [6, 6.07) is 23.5. The van der Waals surface area contributed by atoms with Crippen molar-refractivity contribution in [2.24, 2.45) is 5.92 Å². The van der Waals surface area contributed by atoms with Crippen molar-refractivity contribution in [3.63, 3.8) is 0 Å². The van der Waals surface area contributed by atoms with Gasteiger partial charge in [0.2, 0.25) is 0 Å². The molecular weight excluding hydrogens is 334 g/mol. The Hall–Kier alpha value is -1.42. The second kappa shape index (κ2) is 7.67. The Morgan fingerprint density at radius 3 is 2.12 bits per heavy atom. The Labute approximate surface area is 158 Å². The molecule has 4 rings (SSSR count). The van der Waals surface area contributed by atoms with Gasteiger partial charge in [0.05, 0.1) is 6.10 Å². The second-order valence-corrected chi connectivity index (χ2v) is 12.7. The maximum Gasteiger partial charge on any atom is 0.117 e. The molecule has 0 radical (unpaired) electrons. The van der Waals surface area contributed by atoms with E-state index in [9.17, 15) is 5.11 Å².